The summed E-state index contributed by atoms with van der Waals surface area (Å²) in [5, 5.41) is 11.8. The Balaban J connectivity index is 0.000000180. The summed E-state index contributed by atoms with van der Waals surface area (Å²) in [6.45, 7) is 7.12. The molecule has 2 aromatic carbocycles. The number of ether oxygens (including phenoxy) is 2. The Labute approximate surface area is 359 Å². The number of carboxylic acids is 1. The second kappa shape index (κ2) is 18.2. The number of carboxylic acid groups (broad SMARTS) is 1. The number of aromatic carboxylic acids is 1. The number of fused-ring (bicyclic) bond motifs is 2. The maximum Gasteiger partial charge on any atom is 0.798 e. The minimum absolute atomic E-state index is 0.00934. The first-order valence-electron chi connectivity index (χ1n) is 20.0. The summed E-state index contributed by atoms with van der Waals surface area (Å²) >= 11 is 0. The molecular formula is C41H45BF9N5O8. The molecule has 7 atom stereocenters. The van der Waals surface area contributed by atoms with Crippen LogP contribution < -0.4 is 36.3 Å². The molecule has 8 rings (SSSR count). The number of carbonyl (C=O) groups excluding carboxylic acids is 1. The first kappa shape index (κ1) is 48.0. The standard InChI is InChI=1S/C20H22F3N3O4.C14H9BF5NO4.C7H14FN/c1-20(24)8-25(6-9(20)5-21)16-13(23)3-10-15(18(16)30-2)26(14-4-12(14)22)7-11(17(10)27)19(28)29;1-24-13-10(18)8(17)2-5-11(13)21(9-3-7(9)16)4-6(12(5)22)14(23)25-15(19)20;1-7(2)5-9-4-6(7)3-8/h3,7,9,12,14H,4-6,8,24H2,1-2H3,(H,28,29);2,4,7,9H,3H2,1H3;6,9H,3-5H2,1-2H3/t9-,12-,14+,20+;7-,9+;6-/m000/s1. The number of alkyl halides is 4. The fourth-order valence-corrected chi connectivity index (χ4v) is 8.12. The quantitative estimate of drug-likeness (QED) is 0.124. The number of carbonyl (C=O) groups is 2. The van der Waals surface area contributed by atoms with Gasteiger partial charge in [0.05, 0.1) is 61.5 Å². The number of methoxy groups -OCH3 is 2. The van der Waals surface area contributed by atoms with Gasteiger partial charge in [-0.1, -0.05) is 13.8 Å². The molecule has 2 aromatic heterocycles. The molecule has 4 fully saturated rings. The molecule has 2 saturated heterocycles. The zero-order valence-corrected chi connectivity index (χ0v) is 35.1. The van der Waals surface area contributed by atoms with Gasteiger partial charge < -0.3 is 44.3 Å². The lowest BCUT2D eigenvalue weighted by molar-refractivity contribution is 0.0682. The molecule has 0 bridgehead atoms. The van der Waals surface area contributed by atoms with Gasteiger partial charge in [-0.25, -0.2) is 35.8 Å². The number of anilines is 1. The van der Waals surface area contributed by atoms with Gasteiger partial charge in [0, 0.05) is 68.8 Å². The van der Waals surface area contributed by atoms with Crippen LogP contribution in [0.4, 0.5) is 45.1 Å². The zero-order chi connectivity index (χ0) is 47.3. The van der Waals surface area contributed by atoms with Gasteiger partial charge in [-0.2, -0.15) is 4.39 Å². The molecule has 0 amide bonds. The monoisotopic (exact) mass is 917 g/mol. The minimum Gasteiger partial charge on any atom is -0.492 e. The fourth-order valence-electron chi connectivity index (χ4n) is 8.12. The molecule has 4 heterocycles. The largest absolute Gasteiger partial charge is 0.798 e. The molecule has 13 nitrogen and oxygen atoms in total. The number of rotatable bonds is 10. The highest BCUT2D eigenvalue weighted by Crippen LogP contribution is 2.47. The SMILES string of the molecule is CC1(C)CNC[C@@H]1CF.COc1c(F)c(F)cc2c(=O)c(C(=O)OB(F)F)cn([C@@H]3C[C@@H]3F)c12.COc1c(N2C[C@H](CF)[C@](C)(N)C2)c(F)cc2c(=O)c(C(=O)O)cn([C@@H]3C[C@@H]3F)c12. The van der Waals surface area contributed by atoms with Crippen LogP contribution in [-0.2, 0) is 4.65 Å². The third-order valence-corrected chi connectivity index (χ3v) is 12.2. The Morgan fingerprint density at radius 2 is 1.36 bits per heavy atom. The predicted molar refractivity (Wildman–Crippen MR) is 217 cm³/mol. The fraction of sp³-hybridized carbons (Fsp3) is 0.512. The van der Waals surface area contributed by atoms with E-state index in [2.05, 4.69) is 23.8 Å². The van der Waals surface area contributed by atoms with Crippen molar-refractivity contribution in [1.29, 1.82) is 0 Å². The number of nitrogens with zero attached hydrogens (tertiary/aromatic N) is 3. The van der Waals surface area contributed by atoms with Crippen LogP contribution in [0, 0.1) is 34.7 Å². The van der Waals surface area contributed by atoms with Gasteiger partial charge in [-0.3, -0.25) is 18.4 Å². The Morgan fingerprint density at radius 3 is 1.78 bits per heavy atom. The summed E-state index contributed by atoms with van der Waals surface area (Å²) in [5.74, 6) is -7.80. The van der Waals surface area contributed by atoms with Crippen LogP contribution in [0.3, 0.4) is 0 Å². The number of nitrogens with one attached hydrogen (secondary N) is 1. The first-order chi connectivity index (χ1) is 30.0. The normalized spacial score (nSPS) is 25.3. The van der Waals surface area contributed by atoms with Crippen molar-refractivity contribution in [3.05, 3.63) is 73.6 Å². The van der Waals surface area contributed by atoms with Crippen molar-refractivity contribution >= 4 is 46.9 Å². The third-order valence-electron chi connectivity index (χ3n) is 12.2. The molecule has 4 aliphatic rings. The highest BCUT2D eigenvalue weighted by molar-refractivity contribution is 6.38. The van der Waals surface area contributed by atoms with E-state index in [9.17, 15) is 59.3 Å². The number of nitrogens with two attached hydrogens (primary N) is 1. The van der Waals surface area contributed by atoms with E-state index < -0.39 is 113 Å². The number of hydrogen-bond donors (Lipinski definition) is 3. The van der Waals surface area contributed by atoms with Gasteiger partial charge in [-0.15, -0.1) is 0 Å². The van der Waals surface area contributed by atoms with E-state index in [1.165, 1.54) is 11.7 Å². The van der Waals surface area contributed by atoms with Crippen molar-refractivity contribution in [2.75, 3.05) is 58.6 Å². The highest BCUT2D eigenvalue weighted by atomic mass is 19.2. The number of hydrogen-bond acceptors (Lipinski definition) is 10. The molecule has 23 heteroatoms. The van der Waals surface area contributed by atoms with Crippen LogP contribution >= 0.6 is 0 Å². The number of halogens is 9. The zero-order valence-electron chi connectivity index (χ0n) is 35.1. The number of pyridine rings is 2. The van der Waals surface area contributed by atoms with Gasteiger partial charge in [0.1, 0.15) is 29.2 Å². The van der Waals surface area contributed by atoms with Crippen molar-refractivity contribution in [1.82, 2.24) is 14.5 Å². The first-order valence-corrected chi connectivity index (χ1v) is 20.0. The number of benzene rings is 2. The van der Waals surface area contributed by atoms with Crippen molar-refractivity contribution in [2.24, 2.45) is 23.0 Å². The molecule has 2 aliphatic carbocycles. The summed E-state index contributed by atoms with van der Waals surface area (Å²) in [6, 6.07) is -0.124. The smallest absolute Gasteiger partial charge is 0.492 e. The Kier molecular flexibility index (Phi) is 13.7. The lowest BCUT2D eigenvalue weighted by Crippen LogP contribution is -2.45. The lowest BCUT2D eigenvalue weighted by Gasteiger charge is -2.26. The third kappa shape index (κ3) is 9.09. The van der Waals surface area contributed by atoms with Crippen molar-refractivity contribution in [3.63, 3.8) is 0 Å². The minimum atomic E-state index is -3.48. The molecular weight excluding hydrogens is 872 g/mol. The molecule has 0 radical (unpaired) electrons. The maximum atomic E-state index is 15.2. The molecule has 348 valence electrons. The second-order valence-corrected chi connectivity index (χ2v) is 17.1. The highest BCUT2D eigenvalue weighted by Gasteiger charge is 2.45. The second-order valence-electron chi connectivity index (χ2n) is 17.1. The Morgan fingerprint density at radius 1 is 0.859 bits per heavy atom. The van der Waals surface area contributed by atoms with E-state index >= 15 is 4.39 Å². The molecule has 64 heavy (non-hydrogen) atoms. The van der Waals surface area contributed by atoms with Crippen LogP contribution in [0.5, 0.6) is 11.5 Å². The van der Waals surface area contributed by atoms with Crippen molar-refractivity contribution in [3.8, 4) is 11.5 Å². The van der Waals surface area contributed by atoms with E-state index in [1.807, 2.05) is 0 Å². The van der Waals surface area contributed by atoms with E-state index in [0.29, 0.717) is 6.07 Å². The predicted octanol–water partition coefficient (Wildman–Crippen LogP) is 6.11. The maximum absolute atomic E-state index is 15.2. The molecule has 4 aromatic rings. The van der Waals surface area contributed by atoms with Crippen LogP contribution in [0.25, 0.3) is 21.8 Å². The summed E-state index contributed by atoms with van der Waals surface area (Å²) in [6.07, 6.45) is -0.583. The molecule has 0 unspecified atom stereocenters. The van der Waals surface area contributed by atoms with Crippen molar-refractivity contribution in [2.45, 2.75) is 63.6 Å². The van der Waals surface area contributed by atoms with Gasteiger partial charge in [0.2, 0.25) is 16.7 Å². The average Bonchev–Trinajstić information content (AvgIpc) is 4.08. The Bertz CT molecular complexity index is 2600. The average molecular weight is 918 g/mol. The summed E-state index contributed by atoms with van der Waals surface area (Å²) in [5.41, 5.74) is 1.80. The molecule has 2 aliphatic heterocycles. The van der Waals surface area contributed by atoms with Crippen LogP contribution in [0.15, 0.2) is 34.1 Å². The van der Waals surface area contributed by atoms with E-state index in [4.69, 9.17) is 15.2 Å². The van der Waals surface area contributed by atoms with Crippen LogP contribution in [0.1, 0.15) is 66.4 Å². The van der Waals surface area contributed by atoms with E-state index in [-0.39, 0.29) is 71.8 Å². The summed E-state index contributed by atoms with van der Waals surface area (Å²) < 4.78 is 137. The Hall–Kier alpha value is -5.45. The molecule has 2 saturated carbocycles. The van der Waals surface area contributed by atoms with Gasteiger partial charge in [0.25, 0.3) is 0 Å². The van der Waals surface area contributed by atoms with Crippen LogP contribution in [-0.4, -0.2) is 105 Å². The van der Waals surface area contributed by atoms with E-state index in [0.717, 1.165) is 43.2 Å². The van der Waals surface area contributed by atoms with Crippen LogP contribution in [0.2, 0.25) is 0 Å². The van der Waals surface area contributed by atoms with Gasteiger partial charge >= 0.3 is 19.4 Å². The van der Waals surface area contributed by atoms with Gasteiger partial charge in [-0.05, 0) is 24.5 Å². The topological polar surface area (TPSA) is 167 Å². The summed E-state index contributed by atoms with van der Waals surface area (Å²) in [4.78, 5) is 49.8. The molecule has 4 N–H and O–H groups in total. The van der Waals surface area contributed by atoms with Crippen molar-refractivity contribution < 1.29 is 68.2 Å². The number of aromatic nitrogens is 2. The lowest BCUT2D eigenvalue weighted by atomic mass is 9.83. The van der Waals surface area contributed by atoms with E-state index in [1.54, 1.807) is 11.8 Å². The molecule has 0 spiro atoms. The summed E-state index contributed by atoms with van der Waals surface area (Å²) in [7, 11) is -1.18. The van der Waals surface area contributed by atoms with Gasteiger partial charge in [0.15, 0.2) is 23.1 Å².